The van der Waals surface area contributed by atoms with Gasteiger partial charge in [-0.05, 0) is 25.0 Å². The van der Waals surface area contributed by atoms with Gasteiger partial charge in [-0.15, -0.1) is 0 Å². The van der Waals surface area contributed by atoms with Crippen molar-refractivity contribution in [2.24, 2.45) is 5.92 Å². The summed E-state index contributed by atoms with van der Waals surface area (Å²) in [5.41, 5.74) is 1.62. The molecule has 138 valence electrons. The van der Waals surface area contributed by atoms with Crippen molar-refractivity contribution in [3.05, 3.63) is 30.6 Å². The van der Waals surface area contributed by atoms with E-state index in [1.165, 1.54) is 0 Å². The number of benzene rings is 1. The fourth-order valence-electron chi connectivity index (χ4n) is 4.59. The Kier molecular flexibility index (Phi) is 4.19. The van der Waals surface area contributed by atoms with E-state index in [2.05, 4.69) is 20.5 Å². The summed E-state index contributed by atoms with van der Waals surface area (Å²) in [6.07, 6.45) is 3.45. The number of fused-ring (bicyclic) bond motifs is 1. The lowest BCUT2D eigenvalue weighted by molar-refractivity contribution is -0.146. The van der Waals surface area contributed by atoms with Gasteiger partial charge in [0.1, 0.15) is 0 Å². The third-order valence-corrected chi connectivity index (χ3v) is 6.27. The van der Waals surface area contributed by atoms with Crippen LogP contribution in [0.15, 0.2) is 30.6 Å². The summed E-state index contributed by atoms with van der Waals surface area (Å²) in [7, 11) is 1.76. The largest absolute Gasteiger partial charge is 0.481 e. The van der Waals surface area contributed by atoms with Crippen LogP contribution in [-0.4, -0.2) is 68.6 Å². The number of piperidine rings is 1. The number of likely N-dealkylation sites (tertiary alicyclic amines) is 2. The van der Waals surface area contributed by atoms with Gasteiger partial charge < -0.3 is 19.5 Å². The maximum atomic E-state index is 12.1. The van der Waals surface area contributed by atoms with Crippen molar-refractivity contribution in [3.8, 4) is 0 Å². The number of carbonyl (C=O) groups is 2. The fourth-order valence-corrected chi connectivity index (χ4v) is 4.59. The molecule has 4 rings (SSSR count). The van der Waals surface area contributed by atoms with Crippen LogP contribution in [0.4, 0.5) is 0 Å². The minimum absolute atomic E-state index is 0.0456. The van der Waals surface area contributed by atoms with E-state index < -0.39 is 17.4 Å². The molecule has 1 amide bonds. The predicted molar refractivity (Wildman–Crippen MR) is 96.7 cm³/mol. The number of rotatable bonds is 4. The number of amides is 1. The smallest absolute Gasteiger partial charge is 0.309 e. The van der Waals surface area contributed by atoms with Gasteiger partial charge in [0.25, 0.3) is 0 Å². The molecule has 2 aromatic rings. The molecule has 1 atom stereocenters. The topological polar surface area (TPSA) is 78.7 Å². The SMILES string of the molecule is CN1C(=O)C[C@H](C(=O)O)C12CCN(CCn1cnc3ccccc31)CC2. The van der Waals surface area contributed by atoms with Crippen LogP contribution in [-0.2, 0) is 16.1 Å². The molecule has 7 nitrogen and oxygen atoms in total. The lowest BCUT2D eigenvalue weighted by Gasteiger charge is -2.45. The Hall–Kier alpha value is -2.41. The first-order chi connectivity index (χ1) is 12.5. The Labute approximate surface area is 152 Å². The summed E-state index contributed by atoms with van der Waals surface area (Å²) < 4.78 is 2.16. The van der Waals surface area contributed by atoms with Crippen molar-refractivity contribution < 1.29 is 14.7 Å². The molecule has 1 N–H and O–H groups in total. The second-order valence-corrected chi connectivity index (χ2v) is 7.42. The maximum Gasteiger partial charge on any atom is 0.309 e. The van der Waals surface area contributed by atoms with E-state index >= 15 is 0 Å². The molecule has 0 unspecified atom stereocenters. The molecule has 1 spiro atoms. The van der Waals surface area contributed by atoms with Crippen LogP contribution in [0.3, 0.4) is 0 Å². The normalized spacial score (nSPS) is 23.2. The second-order valence-electron chi connectivity index (χ2n) is 7.42. The van der Waals surface area contributed by atoms with E-state index in [9.17, 15) is 14.7 Å². The summed E-state index contributed by atoms with van der Waals surface area (Å²) in [5.74, 6) is -1.48. The highest BCUT2D eigenvalue weighted by Gasteiger charge is 2.55. The van der Waals surface area contributed by atoms with Gasteiger partial charge in [-0.25, -0.2) is 4.98 Å². The minimum atomic E-state index is -0.846. The number of carboxylic acid groups (broad SMARTS) is 1. The highest BCUT2D eigenvalue weighted by atomic mass is 16.4. The number of para-hydroxylation sites is 2. The molecule has 2 saturated heterocycles. The van der Waals surface area contributed by atoms with E-state index in [0.29, 0.717) is 0 Å². The predicted octanol–water partition coefficient (Wildman–Crippen LogP) is 1.43. The van der Waals surface area contributed by atoms with Crippen molar-refractivity contribution >= 4 is 22.9 Å². The Balaban J connectivity index is 1.40. The van der Waals surface area contributed by atoms with Gasteiger partial charge in [-0.3, -0.25) is 9.59 Å². The van der Waals surface area contributed by atoms with Crippen molar-refractivity contribution in [3.63, 3.8) is 0 Å². The molecular formula is C19H24N4O3. The van der Waals surface area contributed by atoms with E-state index in [1.54, 1.807) is 11.9 Å². The van der Waals surface area contributed by atoms with Crippen LogP contribution in [0.2, 0.25) is 0 Å². The number of aromatic nitrogens is 2. The molecule has 7 heteroatoms. The zero-order valence-corrected chi connectivity index (χ0v) is 15.0. The zero-order chi connectivity index (χ0) is 18.3. The third kappa shape index (κ3) is 2.67. The fraction of sp³-hybridized carbons (Fsp3) is 0.526. The standard InChI is InChI=1S/C19H24N4O3/c1-21-17(24)12-14(18(25)26)19(21)6-8-22(9-7-19)10-11-23-13-20-15-4-2-3-5-16(15)23/h2-5,13-14H,6-12H2,1H3,(H,25,26)/t14-/m1/s1. The van der Waals surface area contributed by atoms with Gasteiger partial charge in [0.15, 0.2) is 0 Å². The summed E-state index contributed by atoms with van der Waals surface area (Å²) >= 11 is 0. The number of imidazole rings is 1. The molecule has 0 aliphatic carbocycles. The Bertz CT molecular complexity index is 838. The van der Waals surface area contributed by atoms with Crippen LogP contribution < -0.4 is 0 Å². The summed E-state index contributed by atoms with van der Waals surface area (Å²) in [6.45, 7) is 3.37. The number of carbonyl (C=O) groups excluding carboxylic acids is 1. The molecule has 0 bridgehead atoms. The molecule has 0 radical (unpaired) electrons. The first kappa shape index (κ1) is 17.0. The maximum absolute atomic E-state index is 12.1. The quantitative estimate of drug-likeness (QED) is 0.897. The van der Waals surface area contributed by atoms with Gasteiger partial charge in [0.05, 0.1) is 28.8 Å². The average Bonchev–Trinajstić information content (AvgIpc) is 3.16. The van der Waals surface area contributed by atoms with Gasteiger partial charge in [0.2, 0.25) is 5.91 Å². The number of hydrogen-bond donors (Lipinski definition) is 1. The summed E-state index contributed by atoms with van der Waals surface area (Å²) in [5, 5.41) is 9.56. The zero-order valence-electron chi connectivity index (χ0n) is 15.0. The van der Waals surface area contributed by atoms with E-state index in [4.69, 9.17) is 0 Å². The third-order valence-electron chi connectivity index (χ3n) is 6.27. The molecule has 0 saturated carbocycles. The van der Waals surface area contributed by atoms with Gasteiger partial charge in [0, 0.05) is 39.6 Å². The molecule has 3 heterocycles. The molecule has 1 aromatic heterocycles. The molecule has 2 aliphatic heterocycles. The number of nitrogens with zero attached hydrogens (tertiary/aromatic N) is 4. The molecule has 2 fully saturated rings. The first-order valence-corrected chi connectivity index (χ1v) is 9.13. The van der Waals surface area contributed by atoms with E-state index in [-0.39, 0.29) is 12.3 Å². The number of carboxylic acids is 1. The van der Waals surface area contributed by atoms with Gasteiger partial charge >= 0.3 is 5.97 Å². The Morgan fingerprint density at radius 3 is 2.73 bits per heavy atom. The second kappa shape index (κ2) is 6.39. The van der Waals surface area contributed by atoms with Crippen molar-refractivity contribution in [1.29, 1.82) is 0 Å². The van der Waals surface area contributed by atoms with Gasteiger partial charge in [-0.2, -0.15) is 0 Å². The van der Waals surface area contributed by atoms with Crippen molar-refractivity contribution in [2.75, 3.05) is 26.7 Å². The number of aliphatic carboxylic acids is 1. The van der Waals surface area contributed by atoms with Gasteiger partial charge in [-0.1, -0.05) is 12.1 Å². The van der Waals surface area contributed by atoms with Crippen LogP contribution >= 0.6 is 0 Å². The lowest BCUT2D eigenvalue weighted by Crippen LogP contribution is -2.56. The van der Waals surface area contributed by atoms with Crippen LogP contribution in [0.25, 0.3) is 11.0 Å². The number of hydrogen-bond acceptors (Lipinski definition) is 4. The van der Waals surface area contributed by atoms with Crippen LogP contribution in [0.1, 0.15) is 19.3 Å². The van der Waals surface area contributed by atoms with E-state index in [1.807, 2.05) is 24.5 Å². The average molecular weight is 356 g/mol. The Morgan fingerprint density at radius 1 is 1.27 bits per heavy atom. The molecule has 1 aromatic carbocycles. The van der Waals surface area contributed by atoms with Crippen LogP contribution in [0, 0.1) is 5.92 Å². The van der Waals surface area contributed by atoms with Crippen LogP contribution in [0.5, 0.6) is 0 Å². The van der Waals surface area contributed by atoms with Crippen molar-refractivity contribution in [2.45, 2.75) is 31.3 Å². The monoisotopic (exact) mass is 356 g/mol. The highest BCUT2D eigenvalue weighted by Crippen LogP contribution is 2.42. The molecule has 2 aliphatic rings. The van der Waals surface area contributed by atoms with Crippen molar-refractivity contribution in [1.82, 2.24) is 19.4 Å². The molecular weight excluding hydrogens is 332 g/mol. The lowest BCUT2D eigenvalue weighted by atomic mass is 9.77. The summed E-state index contributed by atoms with van der Waals surface area (Å²) in [4.78, 5) is 32.2. The first-order valence-electron chi connectivity index (χ1n) is 9.13. The highest BCUT2D eigenvalue weighted by molar-refractivity contribution is 5.88. The molecule has 26 heavy (non-hydrogen) atoms. The Morgan fingerprint density at radius 2 is 2.00 bits per heavy atom. The van der Waals surface area contributed by atoms with E-state index in [0.717, 1.165) is 50.1 Å². The minimum Gasteiger partial charge on any atom is -0.481 e. The summed E-state index contributed by atoms with van der Waals surface area (Å²) in [6, 6.07) is 8.09.